The fraction of sp³-hybridized carbons (Fsp3) is 0.560. The molecule has 4 atom stereocenters. The minimum atomic E-state index is -0.665. The lowest BCUT2D eigenvalue weighted by Gasteiger charge is -2.53. The number of nitrogens with one attached hydrogen (secondary N) is 1. The van der Waals surface area contributed by atoms with Crippen molar-refractivity contribution in [1.29, 1.82) is 0 Å². The average molecular weight is 453 g/mol. The maximum absolute atomic E-state index is 11.0. The molecule has 5 rings (SSSR count). The van der Waals surface area contributed by atoms with Crippen LogP contribution in [0.1, 0.15) is 45.1 Å². The topological polar surface area (TPSA) is 78.3 Å². The molecular weight excluding hydrogens is 420 g/mol. The zero-order valence-corrected chi connectivity index (χ0v) is 19.6. The Labute approximate surface area is 194 Å². The van der Waals surface area contributed by atoms with Crippen LogP contribution in [-0.2, 0) is 11.3 Å². The molecule has 7 heteroatoms. The molecule has 3 heterocycles. The lowest BCUT2D eigenvalue weighted by atomic mass is 9.59. The molecule has 1 saturated carbocycles. The van der Waals surface area contributed by atoms with E-state index in [1.165, 1.54) is 16.9 Å². The van der Waals surface area contributed by atoms with E-state index in [9.17, 15) is 4.79 Å². The Morgan fingerprint density at radius 1 is 1.19 bits per heavy atom. The van der Waals surface area contributed by atoms with E-state index in [0.29, 0.717) is 36.0 Å². The summed E-state index contributed by atoms with van der Waals surface area (Å²) < 4.78 is 0. The van der Waals surface area contributed by atoms with Gasteiger partial charge in [-0.1, -0.05) is 31.7 Å². The number of anilines is 2. The highest BCUT2D eigenvalue weighted by molar-refractivity contribution is 7.99. The first-order valence-corrected chi connectivity index (χ1v) is 12.6. The summed E-state index contributed by atoms with van der Waals surface area (Å²) >= 11 is 1.67. The number of piperidine rings is 1. The van der Waals surface area contributed by atoms with Crippen molar-refractivity contribution in [2.75, 3.05) is 18.4 Å². The molecule has 2 aliphatic heterocycles. The van der Waals surface area contributed by atoms with E-state index in [0.717, 1.165) is 49.0 Å². The number of carboxylic acid groups (broad SMARTS) is 1. The van der Waals surface area contributed by atoms with Gasteiger partial charge in [0.1, 0.15) is 5.03 Å². The van der Waals surface area contributed by atoms with Gasteiger partial charge < -0.3 is 10.4 Å². The Morgan fingerprint density at radius 2 is 1.94 bits per heavy atom. The van der Waals surface area contributed by atoms with Gasteiger partial charge in [0.15, 0.2) is 5.82 Å². The van der Waals surface area contributed by atoms with Crippen molar-refractivity contribution >= 4 is 29.2 Å². The number of nitrogens with zero attached hydrogens (tertiary/aromatic N) is 3. The predicted molar refractivity (Wildman–Crippen MR) is 126 cm³/mol. The Hall–Kier alpha value is -2.12. The van der Waals surface area contributed by atoms with Gasteiger partial charge in [-0.2, -0.15) is 0 Å². The second-order valence-electron chi connectivity index (χ2n) is 9.93. The van der Waals surface area contributed by atoms with Crippen molar-refractivity contribution in [3.63, 3.8) is 0 Å². The molecule has 1 aliphatic carbocycles. The van der Waals surface area contributed by atoms with E-state index in [1.54, 1.807) is 24.2 Å². The number of fused-ring (bicyclic) bond motifs is 4. The molecule has 0 amide bonds. The van der Waals surface area contributed by atoms with Crippen LogP contribution in [0.25, 0.3) is 0 Å². The van der Waals surface area contributed by atoms with Crippen LogP contribution in [-0.4, -0.2) is 39.0 Å². The number of aliphatic carboxylic acids is 1. The highest BCUT2D eigenvalue weighted by Gasteiger charge is 2.45. The fourth-order valence-corrected chi connectivity index (χ4v) is 7.16. The van der Waals surface area contributed by atoms with Gasteiger partial charge in [-0.15, -0.1) is 0 Å². The second-order valence-corrected chi connectivity index (χ2v) is 11.0. The summed E-state index contributed by atoms with van der Waals surface area (Å²) in [4.78, 5) is 23.7. The Kier molecular flexibility index (Phi) is 6.12. The largest absolute Gasteiger partial charge is 0.481 e. The van der Waals surface area contributed by atoms with Crippen LogP contribution >= 0.6 is 11.8 Å². The van der Waals surface area contributed by atoms with Crippen molar-refractivity contribution in [2.45, 2.75) is 56.0 Å². The number of rotatable bonds is 6. The highest BCUT2D eigenvalue weighted by Crippen LogP contribution is 2.48. The number of carbonyl (C=O) groups is 1. The van der Waals surface area contributed by atoms with Crippen LogP contribution in [0, 0.1) is 29.6 Å². The van der Waals surface area contributed by atoms with Crippen molar-refractivity contribution in [3.8, 4) is 0 Å². The zero-order valence-electron chi connectivity index (χ0n) is 18.8. The molecule has 2 bridgehead atoms. The van der Waals surface area contributed by atoms with Gasteiger partial charge >= 0.3 is 5.97 Å². The third kappa shape index (κ3) is 4.37. The molecule has 2 unspecified atom stereocenters. The first-order chi connectivity index (χ1) is 15.5. The van der Waals surface area contributed by atoms with E-state index >= 15 is 0 Å². The standard InChI is InChI=1S/C25H32N4O2S/c1-15-10-16(2)20-14-29(13-19(15)18(20)4-3-5-23(30)31)12-17-6-7-22-21(11-17)28-24-25(32-22)27-9-8-26-24/h6-9,11,15-16,18-20H,3-5,10,12-14H2,1-2H3,(H,26,28)(H,30,31)/t15-,16-,18?,19?,20?/m1/s1. The van der Waals surface area contributed by atoms with Crippen LogP contribution in [0.2, 0.25) is 0 Å². The smallest absolute Gasteiger partial charge is 0.303 e. The second kappa shape index (κ2) is 9.02. The Morgan fingerprint density at radius 3 is 2.69 bits per heavy atom. The van der Waals surface area contributed by atoms with Crippen LogP contribution in [0.15, 0.2) is 40.5 Å². The lowest BCUT2D eigenvalue weighted by Crippen LogP contribution is -2.53. The molecule has 6 nitrogen and oxygen atoms in total. The normalized spacial score (nSPS) is 29.0. The monoisotopic (exact) mass is 452 g/mol. The van der Waals surface area contributed by atoms with Gasteiger partial charge in [0.2, 0.25) is 0 Å². The van der Waals surface area contributed by atoms with E-state index in [2.05, 4.69) is 52.2 Å². The zero-order chi connectivity index (χ0) is 22.2. The molecule has 1 aromatic heterocycles. The van der Waals surface area contributed by atoms with Crippen LogP contribution < -0.4 is 5.32 Å². The molecule has 0 radical (unpaired) electrons. The molecule has 2 N–H and O–H groups in total. The van der Waals surface area contributed by atoms with E-state index in [4.69, 9.17) is 5.11 Å². The third-order valence-corrected chi connectivity index (χ3v) is 8.81. The number of aromatic nitrogens is 2. The Balaban J connectivity index is 1.28. The van der Waals surface area contributed by atoms with Crippen LogP contribution in [0.3, 0.4) is 0 Å². The number of hydrogen-bond acceptors (Lipinski definition) is 6. The van der Waals surface area contributed by atoms with Gasteiger partial charge in [-0.3, -0.25) is 9.69 Å². The molecule has 1 aromatic carbocycles. The number of hydrogen-bond donors (Lipinski definition) is 2. The molecule has 32 heavy (non-hydrogen) atoms. The maximum Gasteiger partial charge on any atom is 0.303 e. The van der Waals surface area contributed by atoms with Crippen LogP contribution in [0.4, 0.5) is 11.5 Å². The van der Waals surface area contributed by atoms with E-state index in [-0.39, 0.29) is 0 Å². The Bertz CT molecular complexity index is 982. The number of carboxylic acids is 1. The molecule has 2 aromatic rings. The van der Waals surface area contributed by atoms with Gasteiger partial charge in [0.05, 0.1) is 5.69 Å². The summed E-state index contributed by atoms with van der Waals surface area (Å²) in [5, 5.41) is 13.4. The predicted octanol–water partition coefficient (Wildman–Crippen LogP) is 5.28. The van der Waals surface area contributed by atoms with Crippen molar-refractivity contribution in [2.24, 2.45) is 29.6 Å². The summed E-state index contributed by atoms with van der Waals surface area (Å²) in [6.07, 6.45) is 6.94. The quantitative estimate of drug-likeness (QED) is 0.527. The first kappa shape index (κ1) is 21.7. The summed E-state index contributed by atoms with van der Waals surface area (Å²) in [6, 6.07) is 6.71. The maximum atomic E-state index is 11.0. The van der Waals surface area contributed by atoms with E-state index < -0.39 is 5.97 Å². The minimum absolute atomic E-state index is 0.302. The van der Waals surface area contributed by atoms with Gasteiger partial charge in [0.25, 0.3) is 0 Å². The average Bonchev–Trinajstić information content (AvgIpc) is 2.76. The first-order valence-electron chi connectivity index (χ1n) is 11.8. The lowest BCUT2D eigenvalue weighted by molar-refractivity contribution is -0.137. The minimum Gasteiger partial charge on any atom is -0.481 e. The van der Waals surface area contributed by atoms with Gasteiger partial charge in [-0.05, 0) is 66.5 Å². The molecule has 3 aliphatic rings. The summed E-state index contributed by atoms with van der Waals surface area (Å²) in [5.41, 5.74) is 2.44. The van der Waals surface area contributed by atoms with Gasteiger partial charge in [0, 0.05) is 43.3 Å². The third-order valence-electron chi connectivity index (χ3n) is 7.75. The van der Waals surface area contributed by atoms with Crippen molar-refractivity contribution in [3.05, 3.63) is 36.2 Å². The molecule has 1 saturated heterocycles. The molecule has 0 spiro atoms. The van der Waals surface area contributed by atoms with Gasteiger partial charge in [-0.25, -0.2) is 9.97 Å². The molecule has 170 valence electrons. The van der Waals surface area contributed by atoms with Crippen molar-refractivity contribution < 1.29 is 9.90 Å². The molecular formula is C25H32N4O2S. The molecule has 2 fully saturated rings. The SMILES string of the molecule is C[C@@H]1C[C@@H](C)C2CN(Cc3ccc4c(c3)Nc3nccnc3S4)CC1C2CCCC(=O)O. The fourth-order valence-electron chi connectivity index (χ4n) is 6.28. The highest BCUT2D eigenvalue weighted by atomic mass is 32.2. The number of benzene rings is 1. The summed E-state index contributed by atoms with van der Waals surface area (Å²) in [7, 11) is 0. The van der Waals surface area contributed by atoms with Crippen molar-refractivity contribution in [1.82, 2.24) is 14.9 Å². The van der Waals surface area contributed by atoms with Crippen LogP contribution in [0.5, 0.6) is 0 Å². The summed E-state index contributed by atoms with van der Waals surface area (Å²) in [6.45, 7) is 8.01. The van der Waals surface area contributed by atoms with E-state index in [1.807, 2.05) is 0 Å². The number of likely N-dealkylation sites (tertiary alicyclic amines) is 1. The summed E-state index contributed by atoms with van der Waals surface area (Å²) in [5.74, 6) is 3.59.